The van der Waals surface area contributed by atoms with Crippen LogP contribution >= 0.6 is 11.8 Å². The number of aromatic nitrogens is 3. The summed E-state index contributed by atoms with van der Waals surface area (Å²) in [6, 6.07) is 1.48. The normalized spacial score (nSPS) is 17.7. The maximum absolute atomic E-state index is 13.3. The van der Waals surface area contributed by atoms with Crippen LogP contribution in [-0.2, 0) is 19.6 Å². The average Bonchev–Trinajstić information content (AvgIpc) is 3.35. The predicted octanol–water partition coefficient (Wildman–Crippen LogP) is 2.06. The number of anilines is 1. The molecular formula is C22H28F2N6O6S2. The summed E-state index contributed by atoms with van der Waals surface area (Å²) >= 11 is 1.33. The molecule has 208 valence electrons. The van der Waals surface area contributed by atoms with Gasteiger partial charge in [0.25, 0.3) is 12.3 Å². The Labute approximate surface area is 222 Å². The first kappa shape index (κ1) is 28.3. The van der Waals surface area contributed by atoms with E-state index in [4.69, 9.17) is 9.37 Å². The van der Waals surface area contributed by atoms with Crippen molar-refractivity contribution in [3.8, 4) is 0 Å². The van der Waals surface area contributed by atoms with E-state index in [-0.39, 0.29) is 22.3 Å². The molecule has 1 atom stereocenters. The summed E-state index contributed by atoms with van der Waals surface area (Å²) in [6.07, 6.45) is 2.44. The van der Waals surface area contributed by atoms with Crippen molar-refractivity contribution >= 4 is 39.4 Å². The van der Waals surface area contributed by atoms with Crippen LogP contribution in [0.5, 0.6) is 0 Å². The predicted molar refractivity (Wildman–Crippen MR) is 131 cm³/mol. The molecule has 0 radical (unpaired) electrons. The zero-order chi connectivity index (χ0) is 27.1. The summed E-state index contributed by atoms with van der Waals surface area (Å²) in [5.41, 5.74) is -0.00664. The number of sulfonamides is 1. The van der Waals surface area contributed by atoms with Gasteiger partial charge >= 0.3 is 0 Å². The van der Waals surface area contributed by atoms with Gasteiger partial charge in [-0.3, -0.25) is 9.59 Å². The molecule has 1 saturated heterocycles. The van der Waals surface area contributed by atoms with Gasteiger partial charge in [0.1, 0.15) is 16.8 Å². The van der Waals surface area contributed by atoms with Crippen LogP contribution < -0.4 is 15.4 Å². The molecule has 1 aliphatic carbocycles. The van der Waals surface area contributed by atoms with Crippen molar-refractivity contribution in [2.24, 2.45) is 11.8 Å². The highest BCUT2D eigenvalue weighted by Crippen LogP contribution is 2.29. The highest BCUT2D eigenvalue weighted by molar-refractivity contribution is 7.99. The first-order chi connectivity index (χ1) is 18.2. The Morgan fingerprint density at radius 2 is 1.89 bits per heavy atom. The number of rotatable bonds is 12. The first-order valence-electron chi connectivity index (χ1n) is 12.1. The minimum Gasteiger partial charge on any atom is -0.381 e. The van der Waals surface area contributed by atoms with Crippen LogP contribution in [0.15, 0.2) is 32.9 Å². The number of carbonyl (C=O) groups excluding carboxylic acids is 2. The number of hydrogen-bond donors (Lipinski definition) is 3. The topological polar surface area (TPSA) is 165 Å². The van der Waals surface area contributed by atoms with E-state index >= 15 is 0 Å². The van der Waals surface area contributed by atoms with Crippen molar-refractivity contribution in [1.82, 2.24) is 25.3 Å². The Morgan fingerprint density at radius 1 is 1.13 bits per heavy atom. The van der Waals surface area contributed by atoms with Gasteiger partial charge in [0.2, 0.25) is 21.6 Å². The van der Waals surface area contributed by atoms with Crippen LogP contribution in [0, 0.1) is 11.8 Å². The van der Waals surface area contributed by atoms with Crippen molar-refractivity contribution in [3.05, 3.63) is 24.0 Å². The van der Waals surface area contributed by atoms with Crippen molar-refractivity contribution in [1.29, 1.82) is 0 Å². The number of ether oxygens (including phenoxy) is 1. The fourth-order valence-electron chi connectivity index (χ4n) is 4.14. The van der Waals surface area contributed by atoms with Gasteiger partial charge in [0.05, 0.1) is 19.8 Å². The van der Waals surface area contributed by atoms with Crippen LogP contribution in [-0.4, -0.2) is 73.5 Å². The molecular weight excluding hydrogens is 546 g/mol. The monoisotopic (exact) mass is 574 g/mol. The van der Waals surface area contributed by atoms with Gasteiger partial charge in [-0.2, -0.15) is 0 Å². The second-order valence-corrected chi connectivity index (χ2v) is 11.9. The van der Waals surface area contributed by atoms with Crippen LogP contribution in [0.25, 0.3) is 0 Å². The standard InChI is InChI=1S/C22H28F2N6O6S2/c23-16(24)9-26-38(33,34)15-6-7-17(25-8-15)27-20(31)18(14-4-2-1-3-5-14)28-21(32)19-22(30-36-29-19)37-12-13-10-35-11-13/h6-8,13-14,16,18,26H,1-5,9-12H2,(H,28,32)(H,25,27,31)/t18-/m0/s1. The van der Waals surface area contributed by atoms with Crippen molar-refractivity contribution in [2.75, 3.05) is 30.8 Å². The highest BCUT2D eigenvalue weighted by Gasteiger charge is 2.33. The number of carbonyl (C=O) groups is 2. The summed E-state index contributed by atoms with van der Waals surface area (Å²) in [5.74, 6) is -0.155. The number of nitrogens with one attached hydrogen (secondary N) is 3. The van der Waals surface area contributed by atoms with Crippen molar-refractivity contribution < 1.29 is 36.2 Å². The lowest BCUT2D eigenvalue weighted by Crippen LogP contribution is -2.49. The number of nitrogens with zero attached hydrogens (tertiary/aromatic N) is 3. The second-order valence-electron chi connectivity index (χ2n) is 9.09. The van der Waals surface area contributed by atoms with E-state index in [0.717, 1.165) is 44.4 Å². The summed E-state index contributed by atoms with van der Waals surface area (Å²) in [6.45, 7) is 0.271. The zero-order valence-corrected chi connectivity index (χ0v) is 21.9. The molecule has 0 aromatic carbocycles. The van der Waals surface area contributed by atoms with Gasteiger partial charge in [-0.05, 0) is 41.2 Å². The molecule has 38 heavy (non-hydrogen) atoms. The molecule has 3 N–H and O–H groups in total. The number of alkyl halides is 2. The molecule has 12 nitrogen and oxygen atoms in total. The Kier molecular flexibility index (Phi) is 9.62. The van der Waals surface area contributed by atoms with Gasteiger partial charge in [-0.1, -0.05) is 31.0 Å². The quantitative estimate of drug-likeness (QED) is 0.320. The lowest BCUT2D eigenvalue weighted by molar-refractivity contribution is -0.119. The van der Waals surface area contributed by atoms with E-state index in [0.29, 0.717) is 29.9 Å². The van der Waals surface area contributed by atoms with E-state index in [9.17, 15) is 26.8 Å². The summed E-state index contributed by atoms with van der Waals surface area (Å²) < 4.78 is 60.7. The molecule has 2 aromatic heterocycles. The van der Waals surface area contributed by atoms with E-state index in [1.807, 2.05) is 0 Å². The molecule has 0 unspecified atom stereocenters. The van der Waals surface area contributed by atoms with Crippen molar-refractivity contribution in [3.63, 3.8) is 0 Å². The minimum absolute atomic E-state index is 0.00664. The van der Waals surface area contributed by atoms with Crippen LogP contribution in [0.4, 0.5) is 14.6 Å². The number of thioether (sulfide) groups is 1. The number of pyridine rings is 1. The zero-order valence-electron chi connectivity index (χ0n) is 20.3. The van der Waals surface area contributed by atoms with Crippen LogP contribution in [0.1, 0.15) is 42.6 Å². The Morgan fingerprint density at radius 3 is 2.53 bits per heavy atom. The summed E-state index contributed by atoms with van der Waals surface area (Å²) in [7, 11) is -4.18. The number of amides is 2. The van der Waals surface area contributed by atoms with Gasteiger partial charge in [-0.25, -0.2) is 31.5 Å². The molecule has 2 aromatic rings. The summed E-state index contributed by atoms with van der Waals surface area (Å²) in [4.78, 5) is 30.0. The molecule has 16 heteroatoms. The third-order valence-corrected chi connectivity index (χ3v) is 8.84. The Hall–Kier alpha value is -2.69. The van der Waals surface area contributed by atoms with E-state index in [1.165, 1.54) is 17.8 Å². The van der Waals surface area contributed by atoms with Gasteiger partial charge in [0, 0.05) is 17.9 Å². The Bertz CT molecular complexity index is 1200. The lowest BCUT2D eigenvalue weighted by atomic mass is 9.83. The molecule has 1 aliphatic heterocycles. The van der Waals surface area contributed by atoms with Crippen LogP contribution in [0.3, 0.4) is 0 Å². The van der Waals surface area contributed by atoms with E-state index < -0.39 is 40.8 Å². The fourth-order valence-corrected chi connectivity index (χ4v) is 6.03. The second kappa shape index (κ2) is 12.9. The smallest absolute Gasteiger partial charge is 0.277 e. The van der Waals surface area contributed by atoms with Crippen molar-refractivity contribution in [2.45, 2.75) is 54.5 Å². The number of halogens is 2. The summed E-state index contributed by atoms with van der Waals surface area (Å²) in [5, 5.41) is 13.3. The molecule has 2 amide bonds. The van der Waals surface area contributed by atoms with Gasteiger partial charge < -0.3 is 15.4 Å². The molecule has 3 heterocycles. The van der Waals surface area contributed by atoms with E-state index in [2.05, 4.69) is 25.9 Å². The van der Waals surface area contributed by atoms with Crippen LogP contribution in [0.2, 0.25) is 0 Å². The maximum atomic E-state index is 13.3. The minimum atomic E-state index is -4.18. The van der Waals surface area contributed by atoms with E-state index in [1.54, 1.807) is 4.72 Å². The highest BCUT2D eigenvalue weighted by atomic mass is 32.2. The molecule has 1 saturated carbocycles. The molecule has 0 spiro atoms. The van der Waals surface area contributed by atoms with Gasteiger partial charge in [0.15, 0.2) is 5.03 Å². The molecule has 0 bridgehead atoms. The lowest BCUT2D eigenvalue weighted by Gasteiger charge is -2.29. The largest absolute Gasteiger partial charge is 0.381 e. The average molecular weight is 575 g/mol. The first-order valence-corrected chi connectivity index (χ1v) is 14.6. The molecule has 2 fully saturated rings. The van der Waals surface area contributed by atoms with Gasteiger partial charge in [-0.15, -0.1) is 0 Å². The molecule has 4 rings (SSSR count). The third kappa shape index (κ3) is 7.45. The SMILES string of the molecule is O=C(N[C@H](C(=O)Nc1ccc(S(=O)(=O)NCC(F)F)cn1)C1CCCCC1)c1nonc1SCC1COC1. The maximum Gasteiger partial charge on any atom is 0.277 e. The number of hydrogen-bond acceptors (Lipinski definition) is 10. The Balaban J connectivity index is 1.43. The fraction of sp³-hybridized carbons (Fsp3) is 0.591. The third-order valence-electron chi connectivity index (χ3n) is 6.25. The molecule has 2 aliphatic rings.